The summed E-state index contributed by atoms with van der Waals surface area (Å²) in [6.07, 6.45) is -0.707. The van der Waals surface area contributed by atoms with Gasteiger partial charge in [0.25, 0.3) is 0 Å². The molecule has 1 aromatic carbocycles. The first-order valence-electron chi connectivity index (χ1n) is 6.27. The number of carbonyl (C=O) groups is 1. The Morgan fingerprint density at radius 1 is 1.45 bits per heavy atom. The second-order valence-corrected chi connectivity index (χ2v) is 4.49. The molecule has 1 fully saturated rings. The Hall–Kier alpha value is -2.24. The second-order valence-electron chi connectivity index (χ2n) is 4.49. The number of likely N-dealkylation sites (tertiary alicyclic amines) is 1. The van der Waals surface area contributed by atoms with Gasteiger partial charge >= 0.3 is 6.09 Å². The number of amides is 1. The van der Waals surface area contributed by atoms with Crippen molar-refractivity contribution in [3.8, 4) is 0 Å². The molecular formula is C13H16N4O3. The molecule has 0 radical (unpaired) electrons. The maximum absolute atomic E-state index is 11.9. The van der Waals surface area contributed by atoms with Crippen molar-refractivity contribution in [2.45, 2.75) is 18.8 Å². The van der Waals surface area contributed by atoms with Crippen LogP contribution in [0.25, 0.3) is 10.4 Å². The van der Waals surface area contributed by atoms with Crippen molar-refractivity contribution >= 4 is 6.09 Å². The van der Waals surface area contributed by atoms with Crippen molar-refractivity contribution in [2.75, 3.05) is 20.2 Å². The minimum absolute atomic E-state index is 0.222. The molecule has 20 heavy (non-hydrogen) atoms. The number of hydrogen-bond acceptors (Lipinski definition) is 4. The molecule has 0 N–H and O–H groups in total. The van der Waals surface area contributed by atoms with E-state index in [2.05, 4.69) is 10.0 Å². The highest BCUT2D eigenvalue weighted by molar-refractivity contribution is 5.68. The van der Waals surface area contributed by atoms with Gasteiger partial charge in [-0.05, 0) is 11.1 Å². The number of ether oxygens (including phenoxy) is 2. The van der Waals surface area contributed by atoms with E-state index in [1.54, 1.807) is 0 Å². The third-order valence-electron chi connectivity index (χ3n) is 3.20. The highest BCUT2D eigenvalue weighted by Crippen LogP contribution is 2.17. The Labute approximate surface area is 116 Å². The van der Waals surface area contributed by atoms with Gasteiger partial charge in [-0.25, -0.2) is 4.79 Å². The van der Waals surface area contributed by atoms with Crippen LogP contribution in [0.15, 0.2) is 35.4 Å². The van der Waals surface area contributed by atoms with Gasteiger partial charge in [0.2, 0.25) is 0 Å². The van der Waals surface area contributed by atoms with Gasteiger partial charge in [0.1, 0.15) is 6.61 Å². The van der Waals surface area contributed by atoms with Gasteiger partial charge < -0.3 is 14.4 Å². The lowest BCUT2D eigenvalue weighted by molar-refractivity contribution is 0.0821. The summed E-state index contributed by atoms with van der Waals surface area (Å²) < 4.78 is 10.4. The molecule has 1 aliphatic heterocycles. The Morgan fingerprint density at radius 2 is 2.20 bits per heavy atom. The summed E-state index contributed by atoms with van der Waals surface area (Å²) in [5.41, 5.74) is 9.41. The fourth-order valence-electron chi connectivity index (χ4n) is 2.13. The molecular weight excluding hydrogens is 260 g/mol. The van der Waals surface area contributed by atoms with E-state index in [0.717, 1.165) is 5.56 Å². The van der Waals surface area contributed by atoms with Crippen molar-refractivity contribution in [1.82, 2.24) is 4.90 Å². The fourth-order valence-corrected chi connectivity index (χ4v) is 2.13. The van der Waals surface area contributed by atoms with Gasteiger partial charge in [-0.1, -0.05) is 35.4 Å². The molecule has 1 heterocycles. The van der Waals surface area contributed by atoms with Gasteiger partial charge in [0.15, 0.2) is 0 Å². The second kappa shape index (κ2) is 6.79. The number of hydrogen-bond donors (Lipinski definition) is 0. The number of benzene rings is 1. The van der Waals surface area contributed by atoms with Crippen LogP contribution in [0.3, 0.4) is 0 Å². The van der Waals surface area contributed by atoms with E-state index in [1.807, 2.05) is 30.3 Å². The molecule has 0 aliphatic carbocycles. The summed E-state index contributed by atoms with van der Waals surface area (Å²) in [7, 11) is 1.53. The van der Waals surface area contributed by atoms with Crippen molar-refractivity contribution in [3.63, 3.8) is 0 Å². The van der Waals surface area contributed by atoms with E-state index in [-0.39, 0.29) is 18.8 Å². The monoisotopic (exact) mass is 276 g/mol. The highest BCUT2D eigenvalue weighted by Gasteiger charge is 2.35. The summed E-state index contributed by atoms with van der Waals surface area (Å²) in [6, 6.07) is 9.08. The van der Waals surface area contributed by atoms with Crippen molar-refractivity contribution in [1.29, 1.82) is 0 Å². The fraction of sp³-hybridized carbons (Fsp3) is 0.462. The maximum Gasteiger partial charge on any atom is 0.410 e. The van der Waals surface area contributed by atoms with Gasteiger partial charge in [-0.2, -0.15) is 0 Å². The lowest BCUT2D eigenvalue weighted by Gasteiger charge is -2.15. The quantitative estimate of drug-likeness (QED) is 0.480. The summed E-state index contributed by atoms with van der Waals surface area (Å²) in [6.45, 7) is 0.907. The smallest absolute Gasteiger partial charge is 0.410 e. The van der Waals surface area contributed by atoms with Crippen LogP contribution in [0.2, 0.25) is 0 Å². The SMILES string of the molecule is CO[C@H]1CN(C(=O)OCc2ccccc2)C[C@@H]1N=[N+]=[N-]. The Kier molecular flexibility index (Phi) is 4.81. The van der Waals surface area contributed by atoms with Crippen molar-refractivity contribution in [3.05, 3.63) is 46.3 Å². The average molecular weight is 276 g/mol. The molecule has 1 aliphatic rings. The van der Waals surface area contributed by atoms with E-state index in [9.17, 15) is 4.79 Å². The molecule has 2 rings (SSSR count). The minimum atomic E-state index is -0.424. The molecule has 0 bridgehead atoms. The van der Waals surface area contributed by atoms with Crippen LogP contribution in [-0.2, 0) is 16.1 Å². The summed E-state index contributed by atoms with van der Waals surface area (Å²) in [4.78, 5) is 16.2. The van der Waals surface area contributed by atoms with E-state index in [1.165, 1.54) is 12.0 Å². The van der Waals surface area contributed by atoms with Gasteiger partial charge in [0, 0.05) is 18.6 Å². The molecule has 1 aromatic rings. The number of nitrogens with zero attached hydrogens (tertiary/aromatic N) is 4. The molecule has 0 saturated carbocycles. The normalized spacial score (nSPS) is 21.4. The topological polar surface area (TPSA) is 87.5 Å². The first-order valence-corrected chi connectivity index (χ1v) is 6.27. The van der Waals surface area contributed by atoms with Crippen LogP contribution >= 0.6 is 0 Å². The first-order chi connectivity index (χ1) is 9.74. The first kappa shape index (κ1) is 14.2. The summed E-state index contributed by atoms with van der Waals surface area (Å²) in [5.74, 6) is 0. The molecule has 2 atom stereocenters. The number of rotatable bonds is 4. The molecule has 7 nitrogen and oxygen atoms in total. The van der Waals surface area contributed by atoms with Crippen LogP contribution in [0, 0.1) is 0 Å². The van der Waals surface area contributed by atoms with Gasteiger partial charge in [-0.15, -0.1) is 0 Å². The largest absolute Gasteiger partial charge is 0.445 e. The van der Waals surface area contributed by atoms with Crippen LogP contribution in [-0.4, -0.2) is 43.3 Å². The number of azide groups is 1. The zero-order valence-corrected chi connectivity index (χ0v) is 11.2. The number of methoxy groups -OCH3 is 1. The summed E-state index contributed by atoms with van der Waals surface area (Å²) >= 11 is 0. The Bertz CT molecular complexity index is 502. The molecule has 0 aromatic heterocycles. The Balaban J connectivity index is 1.89. The van der Waals surface area contributed by atoms with Crippen LogP contribution in [0.5, 0.6) is 0 Å². The zero-order chi connectivity index (χ0) is 14.4. The van der Waals surface area contributed by atoms with Gasteiger partial charge in [0.05, 0.1) is 18.7 Å². The molecule has 106 valence electrons. The van der Waals surface area contributed by atoms with E-state index in [4.69, 9.17) is 15.0 Å². The predicted octanol–water partition coefficient (Wildman–Crippen LogP) is 2.33. The van der Waals surface area contributed by atoms with E-state index in [0.29, 0.717) is 13.1 Å². The van der Waals surface area contributed by atoms with Crippen LogP contribution < -0.4 is 0 Å². The number of carbonyl (C=O) groups excluding carboxylic acids is 1. The maximum atomic E-state index is 11.9. The summed E-state index contributed by atoms with van der Waals surface area (Å²) in [5, 5.41) is 3.63. The van der Waals surface area contributed by atoms with Crippen LogP contribution in [0.1, 0.15) is 5.56 Å². The predicted molar refractivity (Wildman–Crippen MR) is 71.9 cm³/mol. The van der Waals surface area contributed by atoms with E-state index >= 15 is 0 Å². The molecule has 1 saturated heterocycles. The highest BCUT2D eigenvalue weighted by atomic mass is 16.6. The minimum Gasteiger partial charge on any atom is -0.445 e. The molecule has 0 unspecified atom stereocenters. The molecule has 7 heteroatoms. The average Bonchev–Trinajstić information content (AvgIpc) is 2.89. The lowest BCUT2D eigenvalue weighted by Crippen LogP contribution is -2.30. The standard InChI is InChI=1S/C13H16N4O3/c1-19-12-8-17(7-11(12)15-16-14)13(18)20-9-10-5-3-2-4-6-10/h2-6,11-12H,7-9H2,1H3/t11-,12-/m0/s1. The molecule has 0 spiro atoms. The Morgan fingerprint density at radius 3 is 2.85 bits per heavy atom. The van der Waals surface area contributed by atoms with Crippen molar-refractivity contribution < 1.29 is 14.3 Å². The van der Waals surface area contributed by atoms with Crippen LogP contribution in [0.4, 0.5) is 4.79 Å². The van der Waals surface area contributed by atoms with E-state index < -0.39 is 6.09 Å². The zero-order valence-electron chi connectivity index (χ0n) is 11.2. The van der Waals surface area contributed by atoms with Crippen molar-refractivity contribution in [2.24, 2.45) is 5.11 Å². The third kappa shape index (κ3) is 3.40. The molecule has 1 amide bonds. The lowest BCUT2D eigenvalue weighted by atomic mass is 10.2. The third-order valence-corrected chi connectivity index (χ3v) is 3.20. The van der Waals surface area contributed by atoms with Gasteiger partial charge in [-0.3, -0.25) is 0 Å².